The predicted molar refractivity (Wildman–Crippen MR) is 56.3 cm³/mol. The minimum atomic E-state index is -0.567. The van der Waals surface area contributed by atoms with Crippen LogP contribution in [0, 0.1) is 5.92 Å². The van der Waals surface area contributed by atoms with Gasteiger partial charge in [0.25, 0.3) is 0 Å². The van der Waals surface area contributed by atoms with Crippen molar-refractivity contribution < 1.29 is 19.1 Å². The van der Waals surface area contributed by atoms with Crippen molar-refractivity contribution in [3.8, 4) is 0 Å². The first-order chi connectivity index (χ1) is 7.47. The monoisotopic (exact) mass is 225 g/mol. The molecule has 16 heavy (non-hydrogen) atoms. The minimum absolute atomic E-state index is 0.0686. The average molecular weight is 225 g/mol. The molecule has 1 rings (SSSR count). The molecule has 1 aliphatic rings. The summed E-state index contributed by atoms with van der Waals surface area (Å²) in [6.07, 6.45) is 0.203. The van der Waals surface area contributed by atoms with Gasteiger partial charge in [-0.15, -0.1) is 0 Å². The Hall–Kier alpha value is -1.65. The summed E-state index contributed by atoms with van der Waals surface area (Å²) in [5.41, 5.74) is 0.123. The molecule has 0 aromatic rings. The van der Waals surface area contributed by atoms with Crippen molar-refractivity contribution >= 4 is 17.8 Å². The number of carbonyl (C=O) groups is 3. The topological polar surface area (TPSA) is 63.7 Å². The van der Waals surface area contributed by atoms with Crippen molar-refractivity contribution in [1.82, 2.24) is 4.90 Å². The summed E-state index contributed by atoms with van der Waals surface area (Å²) in [4.78, 5) is 35.3. The number of likely N-dealkylation sites (tertiary alicyclic amines) is 1. The van der Waals surface area contributed by atoms with Crippen molar-refractivity contribution in [1.29, 1.82) is 0 Å². The van der Waals surface area contributed by atoms with Gasteiger partial charge in [-0.2, -0.15) is 0 Å². The summed E-state index contributed by atoms with van der Waals surface area (Å²) >= 11 is 0. The Balaban J connectivity index is 2.61. The Morgan fingerprint density at radius 3 is 2.62 bits per heavy atom. The van der Waals surface area contributed by atoms with Crippen molar-refractivity contribution in [3.05, 3.63) is 12.2 Å². The Morgan fingerprint density at radius 2 is 2.19 bits per heavy atom. The van der Waals surface area contributed by atoms with Gasteiger partial charge in [-0.1, -0.05) is 13.5 Å². The van der Waals surface area contributed by atoms with Crippen molar-refractivity contribution in [2.75, 3.05) is 13.2 Å². The van der Waals surface area contributed by atoms with Crippen LogP contribution >= 0.6 is 0 Å². The van der Waals surface area contributed by atoms with Crippen LogP contribution in [0.15, 0.2) is 12.2 Å². The fraction of sp³-hybridized carbons (Fsp3) is 0.545. The maximum atomic E-state index is 11.5. The first kappa shape index (κ1) is 12.4. The molecule has 0 spiro atoms. The standard InChI is InChI=1S/C11H15NO4/c1-4-16-11(15)8(3)6-12-9(13)5-7(2)10(12)14/h7H,3-6H2,1-2H3. The van der Waals surface area contributed by atoms with E-state index in [1.807, 2.05) is 0 Å². The summed E-state index contributed by atoms with van der Waals surface area (Å²) in [6, 6.07) is 0. The van der Waals surface area contributed by atoms with E-state index in [-0.39, 0.29) is 42.9 Å². The fourth-order valence-corrected chi connectivity index (χ4v) is 1.50. The van der Waals surface area contributed by atoms with Crippen molar-refractivity contribution in [2.45, 2.75) is 20.3 Å². The molecule has 1 aliphatic heterocycles. The number of carbonyl (C=O) groups excluding carboxylic acids is 3. The zero-order valence-corrected chi connectivity index (χ0v) is 9.49. The summed E-state index contributed by atoms with van der Waals surface area (Å²) in [5, 5.41) is 0. The third kappa shape index (κ3) is 2.48. The molecule has 0 aromatic carbocycles. The molecule has 1 heterocycles. The summed E-state index contributed by atoms with van der Waals surface area (Å²) in [6.45, 7) is 7.06. The van der Waals surface area contributed by atoms with Crippen LogP contribution < -0.4 is 0 Å². The molecular weight excluding hydrogens is 210 g/mol. The van der Waals surface area contributed by atoms with E-state index in [0.29, 0.717) is 0 Å². The molecule has 0 aliphatic carbocycles. The van der Waals surface area contributed by atoms with Crippen LogP contribution in [-0.2, 0) is 19.1 Å². The maximum Gasteiger partial charge on any atom is 0.335 e. The number of amides is 2. The lowest BCUT2D eigenvalue weighted by Crippen LogP contribution is -2.33. The number of esters is 1. The number of imide groups is 1. The highest BCUT2D eigenvalue weighted by atomic mass is 16.5. The summed E-state index contributed by atoms with van der Waals surface area (Å²) in [7, 11) is 0. The Kier molecular flexibility index (Phi) is 3.82. The van der Waals surface area contributed by atoms with Crippen LogP contribution in [0.2, 0.25) is 0 Å². The quantitative estimate of drug-likeness (QED) is 0.397. The first-order valence-corrected chi connectivity index (χ1v) is 5.16. The molecule has 0 saturated carbocycles. The largest absolute Gasteiger partial charge is 0.463 e. The highest BCUT2D eigenvalue weighted by molar-refractivity contribution is 6.04. The lowest BCUT2D eigenvalue weighted by molar-refractivity contribution is -0.140. The van der Waals surface area contributed by atoms with Gasteiger partial charge in [-0.05, 0) is 6.92 Å². The highest BCUT2D eigenvalue weighted by Gasteiger charge is 2.36. The van der Waals surface area contributed by atoms with Crippen LogP contribution in [0.3, 0.4) is 0 Å². The van der Waals surface area contributed by atoms with E-state index in [2.05, 4.69) is 6.58 Å². The minimum Gasteiger partial charge on any atom is -0.463 e. The van der Waals surface area contributed by atoms with Gasteiger partial charge in [0.15, 0.2) is 0 Å². The van der Waals surface area contributed by atoms with E-state index in [0.717, 1.165) is 4.90 Å². The number of hydrogen-bond donors (Lipinski definition) is 0. The maximum absolute atomic E-state index is 11.5. The van der Waals surface area contributed by atoms with Gasteiger partial charge in [-0.25, -0.2) is 4.79 Å². The van der Waals surface area contributed by atoms with Crippen molar-refractivity contribution in [3.63, 3.8) is 0 Å². The molecule has 0 bridgehead atoms. The molecule has 1 atom stereocenters. The summed E-state index contributed by atoms with van der Waals surface area (Å²) in [5.74, 6) is -1.39. The van der Waals surface area contributed by atoms with Crippen LogP contribution in [0.5, 0.6) is 0 Å². The van der Waals surface area contributed by atoms with E-state index in [4.69, 9.17) is 4.74 Å². The second-order valence-electron chi connectivity index (χ2n) is 3.75. The van der Waals surface area contributed by atoms with Gasteiger partial charge in [0.05, 0.1) is 13.2 Å². The average Bonchev–Trinajstić information content (AvgIpc) is 2.45. The van der Waals surface area contributed by atoms with E-state index < -0.39 is 5.97 Å². The van der Waals surface area contributed by atoms with E-state index >= 15 is 0 Å². The molecule has 1 unspecified atom stereocenters. The molecule has 0 aromatic heterocycles. The Labute approximate surface area is 94.1 Å². The number of rotatable bonds is 4. The predicted octanol–water partition coefficient (Wildman–Crippen LogP) is 0.501. The first-order valence-electron chi connectivity index (χ1n) is 5.16. The van der Waals surface area contributed by atoms with Crippen LogP contribution in [0.25, 0.3) is 0 Å². The molecule has 1 fully saturated rings. The van der Waals surface area contributed by atoms with Gasteiger partial charge < -0.3 is 4.74 Å². The molecule has 1 saturated heterocycles. The van der Waals surface area contributed by atoms with Crippen LogP contribution in [-0.4, -0.2) is 35.8 Å². The Bertz CT molecular complexity index is 348. The normalized spacial score (nSPS) is 20.1. The van der Waals surface area contributed by atoms with E-state index in [9.17, 15) is 14.4 Å². The lowest BCUT2D eigenvalue weighted by Gasteiger charge is -2.14. The van der Waals surface area contributed by atoms with Gasteiger partial charge >= 0.3 is 5.97 Å². The smallest absolute Gasteiger partial charge is 0.335 e. The third-order valence-electron chi connectivity index (χ3n) is 2.38. The second kappa shape index (κ2) is 4.92. The molecule has 5 nitrogen and oxygen atoms in total. The SMILES string of the molecule is C=C(CN1C(=O)CC(C)C1=O)C(=O)OCC. The molecule has 0 radical (unpaired) electrons. The number of hydrogen-bond acceptors (Lipinski definition) is 4. The van der Waals surface area contributed by atoms with Crippen LogP contribution in [0.4, 0.5) is 0 Å². The molecule has 0 N–H and O–H groups in total. The van der Waals surface area contributed by atoms with Crippen molar-refractivity contribution in [2.24, 2.45) is 5.92 Å². The molecule has 2 amide bonds. The Morgan fingerprint density at radius 1 is 1.56 bits per heavy atom. The van der Waals surface area contributed by atoms with Gasteiger partial charge in [0, 0.05) is 17.9 Å². The zero-order chi connectivity index (χ0) is 12.3. The fourth-order valence-electron chi connectivity index (χ4n) is 1.50. The second-order valence-corrected chi connectivity index (χ2v) is 3.75. The summed E-state index contributed by atoms with van der Waals surface area (Å²) < 4.78 is 4.72. The third-order valence-corrected chi connectivity index (χ3v) is 2.38. The number of ether oxygens (including phenoxy) is 1. The molecular formula is C11H15NO4. The van der Waals surface area contributed by atoms with Gasteiger partial charge in [0.2, 0.25) is 11.8 Å². The van der Waals surface area contributed by atoms with E-state index in [1.165, 1.54) is 0 Å². The zero-order valence-electron chi connectivity index (χ0n) is 9.49. The molecule has 5 heteroatoms. The van der Waals surface area contributed by atoms with Crippen LogP contribution in [0.1, 0.15) is 20.3 Å². The van der Waals surface area contributed by atoms with E-state index in [1.54, 1.807) is 13.8 Å². The van der Waals surface area contributed by atoms with Gasteiger partial charge in [0.1, 0.15) is 0 Å². The molecule has 88 valence electrons. The highest BCUT2D eigenvalue weighted by Crippen LogP contribution is 2.19. The lowest BCUT2D eigenvalue weighted by atomic mass is 10.1. The number of nitrogens with zero attached hydrogens (tertiary/aromatic N) is 1. The van der Waals surface area contributed by atoms with Gasteiger partial charge in [-0.3, -0.25) is 14.5 Å².